The maximum Gasteiger partial charge on any atom is 0.472 e. The third kappa shape index (κ3) is 64.3. The van der Waals surface area contributed by atoms with Gasteiger partial charge in [0.2, 0.25) is 0 Å². The fraction of sp³-hybridized carbons (Fsp3) is 0.887. The first-order chi connectivity index (χ1) is 43.5. The number of esters is 4. The number of rotatable bonds is 69. The van der Waals surface area contributed by atoms with Crippen LogP contribution in [0.2, 0.25) is 0 Å². The van der Waals surface area contributed by atoms with Crippen molar-refractivity contribution in [2.24, 2.45) is 5.92 Å². The SMILES string of the molecule is CCCCCC/C=C\C=C/CCCCCCCC(=O)O[C@H](COC(=O)CCCCCCCCCCCCCCC)COP(=O)(O)OC[C@@H](O)COP(=O)(O)OC[C@@H](COC(=O)CCCCCCCCC(C)C)OC(=O)CCCCCCCCCCCCCCC. The normalized spacial score (nSPS) is 14.2. The van der Waals surface area contributed by atoms with Gasteiger partial charge < -0.3 is 33.8 Å². The number of aliphatic hydroxyl groups is 1. The molecule has 0 aliphatic rings. The number of carbonyl (C=O) groups is 4. The van der Waals surface area contributed by atoms with Crippen LogP contribution in [-0.4, -0.2) is 96.7 Å². The highest BCUT2D eigenvalue weighted by molar-refractivity contribution is 7.47. The summed E-state index contributed by atoms with van der Waals surface area (Å²) in [4.78, 5) is 72.5. The van der Waals surface area contributed by atoms with Gasteiger partial charge in [0.25, 0.3) is 0 Å². The Morgan fingerprint density at radius 2 is 0.600 bits per heavy atom. The molecule has 3 N–H and O–H groups in total. The van der Waals surface area contributed by atoms with Crippen molar-refractivity contribution in [1.82, 2.24) is 0 Å². The van der Waals surface area contributed by atoms with Crippen molar-refractivity contribution in [3.8, 4) is 0 Å². The molecule has 0 rings (SSSR count). The van der Waals surface area contributed by atoms with Crippen molar-refractivity contribution < 1.29 is 80.2 Å². The van der Waals surface area contributed by atoms with Crippen LogP contribution in [0.3, 0.4) is 0 Å². The molecule has 0 fully saturated rings. The Kier molecular flexibility index (Phi) is 62.2. The number of unbranched alkanes of at least 4 members (excludes halogenated alkanes) is 38. The van der Waals surface area contributed by atoms with E-state index in [0.29, 0.717) is 31.6 Å². The predicted molar refractivity (Wildman–Crippen MR) is 363 cm³/mol. The second-order valence-corrected chi connectivity index (χ2v) is 28.3. The van der Waals surface area contributed by atoms with E-state index in [2.05, 4.69) is 58.9 Å². The average Bonchev–Trinajstić information content (AvgIpc) is 3.39. The first kappa shape index (κ1) is 87.5. The number of carbonyl (C=O) groups excluding carboxylic acids is 4. The monoisotopic (exact) mass is 1320 g/mol. The number of ether oxygens (including phenoxy) is 4. The van der Waals surface area contributed by atoms with Crippen molar-refractivity contribution >= 4 is 39.5 Å². The summed E-state index contributed by atoms with van der Waals surface area (Å²) in [5.74, 6) is -1.47. The van der Waals surface area contributed by atoms with Crippen LogP contribution in [0, 0.1) is 5.92 Å². The fourth-order valence-corrected chi connectivity index (χ4v) is 11.9. The van der Waals surface area contributed by atoms with Crippen molar-refractivity contribution in [3.63, 3.8) is 0 Å². The van der Waals surface area contributed by atoms with Gasteiger partial charge in [-0.25, -0.2) is 9.13 Å². The number of phosphoric ester groups is 2. The molecule has 0 aliphatic heterocycles. The fourth-order valence-electron chi connectivity index (χ4n) is 10.3. The molecule has 2 unspecified atom stereocenters. The third-order valence-electron chi connectivity index (χ3n) is 15.9. The van der Waals surface area contributed by atoms with Gasteiger partial charge >= 0.3 is 39.5 Å². The van der Waals surface area contributed by atoms with Crippen LogP contribution in [0.1, 0.15) is 343 Å². The third-order valence-corrected chi connectivity index (χ3v) is 17.8. The Morgan fingerprint density at radius 1 is 0.344 bits per heavy atom. The Labute approximate surface area is 548 Å². The first-order valence-electron chi connectivity index (χ1n) is 36.5. The van der Waals surface area contributed by atoms with Gasteiger partial charge in [-0.2, -0.15) is 0 Å². The van der Waals surface area contributed by atoms with Crippen molar-refractivity contribution in [2.75, 3.05) is 39.6 Å². The van der Waals surface area contributed by atoms with Crippen LogP contribution >= 0.6 is 15.6 Å². The lowest BCUT2D eigenvalue weighted by atomic mass is 10.0. The Bertz CT molecular complexity index is 1830. The maximum atomic E-state index is 13.0. The van der Waals surface area contributed by atoms with E-state index in [9.17, 15) is 43.2 Å². The lowest BCUT2D eigenvalue weighted by Gasteiger charge is -2.21. The summed E-state index contributed by atoms with van der Waals surface area (Å²) in [6.07, 6.45) is 53.5. The Morgan fingerprint density at radius 3 is 0.911 bits per heavy atom. The van der Waals surface area contributed by atoms with E-state index in [0.717, 1.165) is 109 Å². The minimum absolute atomic E-state index is 0.0854. The molecule has 0 aromatic heterocycles. The van der Waals surface area contributed by atoms with Gasteiger partial charge in [-0.1, -0.05) is 290 Å². The largest absolute Gasteiger partial charge is 0.472 e. The molecule has 17 nitrogen and oxygen atoms in total. The van der Waals surface area contributed by atoms with Crippen LogP contribution in [0.25, 0.3) is 0 Å². The number of phosphoric acid groups is 2. The molecule has 0 saturated carbocycles. The highest BCUT2D eigenvalue weighted by atomic mass is 31.2. The predicted octanol–water partition coefficient (Wildman–Crippen LogP) is 20.1. The number of hydrogen-bond donors (Lipinski definition) is 3. The van der Waals surface area contributed by atoms with Crippen molar-refractivity contribution in [3.05, 3.63) is 24.3 Å². The van der Waals surface area contributed by atoms with Gasteiger partial charge in [0.1, 0.15) is 19.3 Å². The molecule has 0 saturated heterocycles. The number of hydrogen-bond acceptors (Lipinski definition) is 15. The smallest absolute Gasteiger partial charge is 0.462 e. The molecule has 0 amide bonds. The van der Waals surface area contributed by atoms with E-state index in [1.807, 2.05) is 0 Å². The molecule has 5 atom stereocenters. The molecule has 0 bridgehead atoms. The molecule has 0 aromatic rings. The summed E-state index contributed by atoms with van der Waals surface area (Å²) in [7, 11) is -9.91. The lowest BCUT2D eigenvalue weighted by molar-refractivity contribution is -0.161. The Balaban J connectivity index is 5.28. The van der Waals surface area contributed by atoms with Crippen LogP contribution in [-0.2, 0) is 65.4 Å². The molecule has 0 aromatic carbocycles. The lowest BCUT2D eigenvalue weighted by Crippen LogP contribution is -2.30. The zero-order valence-electron chi connectivity index (χ0n) is 57.8. The standard InChI is InChI=1S/C71H134O17P2/c1-6-9-12-15-18-21-24-27-28-31-34-37-40-47-52-57-70(75)87-66(60-81-68(73)54-49-44-38-35-32-29-25-22-19-16-13-10-7-2)62-85-89(77,78)83-58-65(72)59-84-90(79,80)86-63-67(61-82-69(74)55-50-45-42-41-43-48-53-64(4)5)88-71(76)56-51-46-39-36-33-30-26-23-20-17-14-11-8-3/h21,24,27-28,64-67,72H,6-20,22-23,25-26,29-63H2,1-5H3,(H,77,78)(H,79,80)/b24-21-,28-27-/t65-,66-,67-/m1/s1. The van der Waals surface area contributed by atoms with E-state index in [1.165, 1.54) is 148 Å². The van der Waals surface area contributed by atoms with Crippen molar-refractivity contribution in [2.45, 2.75) is 361 Å². The number of allylic oxidation sites excluding steroid dienone is 4. The van der Waals surface area contributed by atoms with E-state index in [4.69, 9.17) is 37.0 Å². The average molecular weight is 1320 g/mol. The highest BCUT2D eigenvalue weighted by Crippen LogP contribution is 2.45. The van der Waals surface area contributed by atoms with Gasteiger partial charge in [0, 0.05) is 25.7 Å². The topological polar surface area (TPSA) is 237 Å². The highest BCUT2D eigenvalue weighted by Gasteiger charge is 2.30. The molecule has 19 heteroatoms. The summed E-state index contributed by atoms with van der Waals surface area (Å²) in [6, 6.07) is 0. The molecule has 0 spiro atoms. The molecular formula is C71H134O17P2. The van der Waals surface area contributed by atoms with E-state index in [-0.39, 0.29) is 25.7 Å². The maximum absolute atomic E-state index is 13.0. The second-order valence-electron chi connectivity index (χ2n) is 25.4. The summed E-state index contributed by atoms with van der Waals surface area (Å²) in [6.45, 7) is 7.11. The molecule has 0 heterocycles. The number of aliphatic hydroxyl groups excluding tert-OH is 1. The molecular weight excluding hydrogens is 1190 g/mol. The van der Waals surface area contributed by atoms with Crippen LogP contribution in [0.15, 0.2) is 24.3 Å². The summed E-state index contributed by atoms with van der Waals surface area (Å²) >= 11 is 0. The molecule has 0 radical (unpaired) electrons. The minimum atomic E-state index is -4.96. The Hall–Kier alpha value is -2.46. The molecule has 0 aliphatic carbocycles. The van der Waals surface area contributed by atoms with E-state index in [1.54, 1.807) is 0 Å². The van der Waals surface area contributed by atoms with E-state index < -0.39 is 97.5 Å². The van der Waals surface area contributed by atoms with Gasteiger partial charge in [-0.15, -0.1) is 0 Å². The van der Waals surface area contributed by atoms with Gasteiger partial charge in [-0.05, 0) is 57.3 Å². The van der Waals surface area contributed by atoms with Gasteiger partial charge in [-0.3, -0.25) is 37.3 Å². The van der Waals surface area contributed by atoms with Crippen LogP contribution < -0.4 is 0 Å². The summed E-state index contributed by atoms with van der Waals surface area (Å²) < 4.78 is 68.2. The van der Waals surface area contributed by atoms with Crippen molar-refractivity contribution in [1.29, 1.82) is 0 Å². The second kappa shape index (κ2) is 63.9. The van der Waals surface area contributed by atoms with E-state index >= 15 is 0 Å². The minimum Gasteiger partial charge on any atom is -0.462 e. The molecule has 90 heavy (non-hydrogen) atoms. The molecule has 530 valence electrons. The zero-order valence-corrected chi connectivity index (χ0v) is 59.5. The summed E-state index contributed by atoms with van der Waals surface area (Å²) in [5, 5.41) is 10.6. The zero-order chi connectivity index (χ0) is 66.3. The van der Waals surface area contributed by atoms with Gasteiger partial charge in [0.15, 0.2) is 12.2 Å². The quantitative estimate of drug-likeness (QED) is 0.0169. The van der Waals surface area contributed by atoms with Crippen LogP contribution in [0.5, 0.6) is 0 Å². The van der Waals surface area contributed by atoms with Crippen LogP contribution in [0.4, 0.5) is 0 Å². The first-order valence-corrected chi connectivity index (χ1v) is 39.4. The summed E-state index contributed by atoms with van der Waals surface area (Å²) in [5.41, 5.74) is 0. The van der Waals surface area contributed by atoms with Gasteiger partial charge in [0.05, 0.1) is 26.4 Å².